The third-order valence-corrected chi connectivity index (χ3v) is 12.0. The van der Waals surface area contributed by atoms with Crippen LogP contribution in [0.4, 0.5) is 0 Å². The fraction of sp³-hybridized carbons (Fsp3) is 0.125. The second-order valence-corrected chi connectivity index (χ2v) is 15.7. The summed E-state index contributed by atoms with van der Waals surface area (Å²) >= 11 is 2.82. The minimum absolute atomic E-state index is 0.00353. The van der Waals surface area contributed by atoms with Gasteiger partial charge in [-0.1, -0.05) is 36.4 Å². The number of para-hydroxylation sites is 2. The van der Waals surface area contributed by atoms with E-state index in [4.69, 9.17) is 33.0 Å². The van der Waals surface area contributed by atoms with Crippen LogP contribution in [-0.4, -0.2) is 56.8 Å². The zero-order valence-corrected chi connectivity index (χ0v) is 35.1. The van der Waals surface area contributed by atoms with E-state index in [0.29, 0.717) is 74.2 Å². The lowest BCUT2D eigenvalue weighted by Gasteiger charge is -2.11. The molecule has 0 amide bonds. The van der Waals surface area contributed by atoms with Gasteiger partial charge in [0.1, 0.15) is 38.3 Å². The number of thiazole rings is 2. The highest BCUT2D eigenvalue weighted by Crippen LogP contribution is 2.45. The van der Waals surface area contributed by atoms with Crippen LogP contribution in [0.15, 0.2) is 117 Å². The molecule has 10 rings (SSSR count). The second kappa shape index (κ2) is 15.9. The molecule has 0 spiro atoms. The standard InChI is InChI=1S/C48H34N4O8S2/c1-4-56-38-19-16-29(40-27-11-7-9-13-36(27)59-43(38)40)45-51-34(23-61-45)31-18-15-26(42(50-31)47(53)54)25-21-32(49-33(22-25)48(55)58-6-3)35-24-62-46(52-35)30-17-20-39(57-5-2)44-41(30)28-12-8-10-14-37(28)60-44/h7-24H,4-6H2,1-3H3,(H,53,54). The molecule has 0 radical (unpaired) electrons. The minimum atomic E-state index is -1.26. The Labute approximate surface area is 361 Å². The van der Waals surface area contributed by atoms with E-state index in [1.807, 2.05) is 97.4 Å². The van der Waals surface area contributed by atoms with Crippen molar-refractivity contribution in [3.63, 3.8) is 0 Å². The zero-order chi connectivity index (χ0) is 42.5. The van der Waals surface area contributed by atoms with E-state index in [1.54, 1.807) is 25.1 Å². The smallest absolute Gasteiger partial charge is 0.356 e. The van der Waals surface area contributed by atoms with Crippen molar-refractivity contribution in [1.29, 1.82) is 0 Å². The van der Waals surface area contributed by atoms with E-state index in [-0.39, 0.29) is 23.6 Å². The molecule has 0 atom stereocenters. The van der Waals surface area contributed by atoms with E-state index in [2.05, 4.69) is 9.97 Å². The average molecular weight is 859 g/mol. The number of furan rings is 2. The van der Waals surface area contributed by atoms with Crippen LogP contribution in [0.1, 0.15) is 41.7 Å². The molecule has 0 aliphatic carbocycles. The number of esters is 1. The fourth-order valence-corrected chi connectivity index (χ4v) is 9.35. The Morgan fingerprint density at radius 2 is 1.15 bits per heavy atom. The third kappa shape index (κ3) is 6.69. The molecule has 306 valence electrons. The van der Waals surface area contributed by atoms with Gasteiger partial charge in [0.05, 0.1) is 31.2 Å². The van der Waals surface area contributed by atoms with Crippen molar-refractivity contribution in [2.75, 3.05) is 19.8 Å². The van der Waals surface area contributed by atoms with Crippen molar-refractivity contribution >= 4 is 78.5 Å². The quantitative estimate of drug-likeness (QED) is 0.116. The minimum Gasteiger partial charge on any atom is -0.490 e. The summed E-state index contributed by atoms with van der Waals surface area (Å²) in [4.78, 5) is 45.5. The van der Waals surface area contributed by atoms with Crippen LogP contribution in [0.2, 0.25) is 0 Å². The maximum atomic E-state index is 13.3. The lowest BCUT2D eigenvalue weighted by Crippen LogP contribution is -2.09. The monoisotopic (exact) mass is 858 g/mol. The Bertz CT molecular complexity index is 3380. The van der Waals surface area contributed by atoms with Gasteiger partial charge < -0.3 is 28.2 Å². The summed E-state index contributed by atoms with van der Waals surface area (Å²) in [6.45, 7) is 6.63. The highest BCUT2D eigenvalue weighted by atomic mass is 32.1. The number of fused-ring (bicyclic) bond motifs is 6. The normalized spacial score (nSPS) is 11.5. The van der Waals surface area contributed by atoms with E-state index in [1.165, 1.54) is 28.7 Å². The Balaban J connectivity index is 1.04. The lowest BCUT2D eigenvalue weighted by molar-refractivity contribution is 0.0519. The van der Waals surface area contributed by atoms with Crippen molar-refractivity contribution in [3.8, 4) is 66.5 Å². The molecule has 62 heavy (non-hydrogen) atoms. The van der Waals surface area contributed by atoms with E-state index in [0.717, 1.165) is 43.8 Å². The molecule has 0 saturated carbocycles. The molecule has 0 unspecified atom stereocenters. The summed E-state index contributed by atoms with van der Waals surface area (Å²) < 4.78 is 29.7. The number of carbonyl (C=O) groups excluding carboxylic acids is 1. The van der Waals surface area contributed by atoms with Gasteiger partial charge in [-0.15, -0.1) is 22.7 Å². The maximum absolute atomic E-state index is 13.3. The van der Waals surface area contributed by atoms with E-state index < -0.39 is 11.9 Å². The van der Waals surface area contributed by atoms with Gasteiger partial charge in [-0.05, 0) is 87.0 Å². The number of carboxylic acids is 1. The predicted molar refractivity (Wildman–Crippen MR) is 240 cm³/mol. The van der Waals surface area contributed by atoms with Crippen molar-refractivity contribution in [1.82, 2.24) is 19.9 Å². The Kier molecular flexibility index (Phi) is 9.93. The molecule has 0 bridgehead atoms. The molecule has 4 aromatic carbocycles. The first-order valence-corrected chi connectivity index (χ1v) is 21.6. The second-order valence-electron chi connectivity index (χ2n) is 14.0. The fourth-order valence-electron chi connectivity index (χ4n) is 7.66. The van der Waals surface area contributed by atoms with Crippen LogP contribution in [-0.2, 0) is 4.74 Å². The number of ether oxygens (including phenoxy) is 3. The summed E-state index contributed by atoms with van der Waals surface area (Å²) in [5, 5.41) is 19.3. The molecule has 0 aliphatic rings. The third-order valence-electron chi connectivity index (χ3n) is 10.3. The molecule has 10 aromatic rings. The highest BCUT2D eigenvalue weighted by molar-refractivity contribution is 7.14. The van der Waals surface area contributed by atoms with Gasteiger partial charge in [0.25, 0.3) is 0 Å². The van der Waals surface area contributed by atoms with Crippen molar-refractivity contribution in [2.24, 2.45) is 0 Å². The number of benzene rings is 4. The number of aromatic nitrogens is 4. The Morgan fingerprint density at radius 3 is 1.69 bits per heavy atom. The number of hydrogen-bond donors (Lipinski definition) is 1. The molecule has 1 N–H and O–H groups in total. The number of carboxylic acid groups (broad SMARTS) is 1. The summed E-state index contributed by atoms with van der Waals surface area (Å²) in [7, 11) is 0. The molecular formula is C48H34N4O8S2. The molecule has 6 aromatic heterocycles. The van der Waals surface area contributed by atoms with Crippen LogP contribution < -0.4 is 9.47 Å². The molecule has 12 nitrogen and oxygen atoms in total. The van der Waals surface area contributed by atoms with Crippen LogP contribution in [0.25, 0.3) is 98.9 Å². The van der Waals surface area contributed by atoms with Gasteiger partial charge in [-0.3, -0.25) is 0 Å². The van der Waals surface area contributed by atoms with Crippen molar-refractivity contribution in [2.45, 2.75) is 20.8 Å². The SMILES string of the molecule is CCOC(=O)c1cc(-c2ccc(-c3csc(-c4ccc(OCC)c5oc6ccccc6c45)n3)nc2C(=O)O)cc(-c2csc(-c3ccc(OCC)c4oc5ccccc5c34)n2)n1. The Hall–Kier alpha value is -7.42. The molecule has 0 saturated heterocycles. The summed E-state index contributed by atoms with van der Waals surface area (Å²) in [5.74, 6) is -0.641. The van der Waals surface area contributed by atoms with Crippen LogP contribution in [0, 0.1) is 0 Å². The molecule has 0 fully saturated rings. The van der Waals surface area contributed by atoms with E-state index >= 15 is 0 Å². The van der Waals surface area contributed by atoms with Gasteiger partial charge in [-0.25, -0.2) is 29.5 Å². The molecule has 0 aliphatic heterocycles. The van der Waals surface area contributed by atoms with E-state index in [9.17, 15) is 14.7 Å². The number of aromatic carboxylic acids is 1. The summed E-state index contributed by atoms with van der Waals surface area (Å²) in [5.41, 5.74) is 6.55. The van der Waals surface area contributed by atoms with Crippen LogP contribution in [0.5, 0.6) is 11.5 Å². The molecule has 14 heteroatoms. The first-order valence-electron chi connectivity index (χ1n) is 19.8. The predicted octanol–water partition coefficient (Wildman–Crippen LogP) is 12.2. The van der Waals surface area contributed by atoms with Crippen molar-refractivity contribution < 1.29 is 37.7 Å². The summed E-state index contributed by atoms with van der Waals surface area (Å²) in [6, 6.07) is 29.9. The van der Waals surface area contributed by atoms with Crippen LogP contribution >= 0.6 is 22.7 Å². The van der Waals surface area contributed by atoms with Gasteiger partial charge in [-0.2, -0.15) is 0 Å². The maximum Gasteiger partial charge on any atom is 0.356 e. The Morgan fingerprint density at radius 1 is 0.597 bits per heavy atom. The first kappa shape index (κ1) is 38.8. The van der Waals surface area contributed by atoms with Crippen molar-refractivity contribution in [3.05, 3.63) is 119 Å². The number of nitrogens with zero attached hydrogens (tertiary/aromatic N) is 4. The number of hydrogen-bond acceptors (Lipinski definition) is 13. The topological polar surface area (TPSA) is 160 Å². The largest absolute Gasteiger partial charge is 0.490 e. The average Bonchev–Trinajstić information content (AvgIpc) is 4.12. The molecular weight excluding hydrogens is 825 g/mol. The first-order chi connectivity index (χ1) is 30.3. The van der Waals surface area contributed by atoms with Gasteiger partial charge in [0.15, 0.2) is 28.4 Å². The number of carbonyl (C=O) groups is 2. The highest BCUT2D eigenvalue weighted by Gasteiger charge is 2.24. The number of pyridine rings is 2. The van der Waals surface area contributed by atoms with Gasteiger partial charge >= 0.3 is 11.9 Å². The van der Waals surface area contributed by atoms with Gasteiger partial charge in [0.2, 0.25) is 0 Å². The van der Waals surface area contributed by atoms with Crippen LogP contribution in [0.3, 0.4) is 0 Å². The summed E-state index contributed by atoms with van der Waals surface area (Å²) in [6.07, 6.45) is 0. The zero-order valence-electron chi connectivity index (χ0n) is 33.4. The lowest BCUT2D eigenvalue weighted by atomic mass is 10.0. The molecule has 6 heterocycles. The number of rotatable bonds is 12. The van der Waals surface area contributed by atoms with Gasteiger partial charge in [0, 0.05) is 49.0 Å².